The maximum Gasteiger partial charge on any atom is 0.305 e. The van der Waals surface area contributed by atoms with Gasteiger partial charge in [0.15, 0.2) is 6.29 Å². The largest absolute Gasteiger partial charge is 0.466 e. The highest BCUT2D eigenvalue weighted by Crippen LogP contribution is 2.23. The lowest BCUT2D eigenvalue weighted by Gasteiger charge is -2.40. The van der Waals surface area contributed by atoms with Crippen molar-refractivity contribution in [3.05, 3.63) is 60.8 Å². The van der Waals surface area contributed by atoms with E-state index >= 15 is 0 Å². The first kappa shape index (κ1) is 82.4. The summed E-state index contributed by atoms with van der Waals surface area (Å²) < 4.78 is 16.7. The number of rotatable bonds is 65. The number of allylic oxidation sites excluding steroid dienone is 9. The van der Waals surface area contributed by atoms with Crippen LogP contribution in [-0.2, 0) is 23.8 Å². The van der Waals surface area contributed by atoms with Gasteiger partial charge in [-0.3, -0.25) is 9.59 Å². The highest BCUT2D eigenvalue weighted by molar-refractivity contribution is 5.76. The molecular formula is C76H139NO10. The molecule has 1 heterocycles. The van der Waals surface area contributed by atoms with E-state index in [1.54, 1.807) is 6.08 Å². The average Bonchev–Trinajstić information content (AvgIpc) is 3.60. The third-order valence-corrected chi connectivity index (χ3v) is 17.3. The minimum atomic E-state index is -1.57. The number of esters is 1. The third-order valence-electron chi connectivity index (χ3n) is 17.3. The molecular weight excluding hydrogens is 1090 g/mol. The minimum absolute atomic E-state index is 0.00554. The summed E-state index contributed by atoms with van der Waals surface area (Å²) in [6.07, 6.45) is 76.6. The number of unbranched alkanes of at least 4 members (excludes halogenated alkanes) is 43. The van der Waals surface area contributed by atoms with Gasteiger partial charge in [0.1, 0.15) is 24.4 Å². The molecule has 0 aromatic rings. The zero-order valence-electron chi connectivity index (χ0n) is 56.5. The molecule has 1 aliphatic heterocycles. The van der Waals surface area contributed by atoms with Crippen LogP contribution in [0, 0.1) is 0 Å². The van der Waals surface area contributed by atoms with Crippen molar-refractivity contribution in [2.75, 3.05) is 19.8 Å². The molecule has 11 nitrogen and oxygen atoms in total. The summed E-state index contributed by atoms with van der Waals surface area (Å²) in [7, 11) is 0. The average molecular weight is 1230 g/mol. The van der Waals surface area contributed by atoms with Crippen LogP contribution >= 0.6 is 0 Å². The fourth-order valence-electron chi connectivity index (χ4n) is 11.5. The molecule has 87 heavy (non-hydrogen) atoms. The number of hydrogen-bond acceptors (Lipinski definition) is 10. The number of amides is 1. The molecule has 11 heteroatoms. The summed E-state index contributed by atoms with van der Waals surface area (Å²) in [5.74, 6) is -0.185. The topological polar surface area (TPSA) is 175 Å². The monoisotopic (exact) mass is 1230 g/mol. The molecule has 0 radical (unpaired) electrons. The Morgan fingerprint density at radius 2 is 0.793 bits per heavy atom. The second-order valence-corrected chi connectivity index (χ2v) is 25.6. The molecule has 6 N–H and O–H groups in total. The van der Waals surface area contributed by atoms with E-state index in [2.05, 4.69) is 67.8 Å². The SMILES string of the molecule is CCC/C=C\C/C=C\CCCCCCCC(=O)OCCCCCCCCCCCCC/C=C\C/C=C\CCCCCCCCCCCCCCCCCCCC(=O)NC(COC1OC(CO)C(O)C(O)C1O)C(O)/C=C/CCCCCCCCCCC. The van der Waals surface area contributed by atoms with Gasteiger partial charge in [-0.25, -0.2) is 0 Å². The van der Waals surface area contributed by atoms with Crippen LogP contribution in [0.4, 0.5) is 0 Å². The molecule has 1 rings (SSSR count). The summed E-state index contributed by atoms with van der Waals surface area (Å²) in [4.78, 5) is 25.1. The summed E-state index contributed by atoms with van der Waals surface area (Å²) in [5.41, 5.74) is 0. The molecule has 0 spiro atoms. The number of carbonyl (C=O) groups excluding carboxylic acids is 2. The quantitative estimate of drug-likeness (QED) is 0.0195. The normalized spacial score (nSPS) is 18.2. The lowest BCUT2D eigenvalue weighted by Crippen LogP contribution is -2.60. The Hall–Kier alpha value is -2.64. The van der Waals surface area contributed by atoms with Crippen LogP contribution in [0.2, 0.25) is 0 Å². The van der Waals surface area contributed by atoms with Crippen molar-refractivity contribution in [2.45, 2.75) is 391 Å². The van der Waals surface area contributed by atoms with Crippen molar-refractivity contribution < 1.29 is 49.3 Å². The number of hydrogen-bond donors (Lipinski definition) is 6. The van der Waals surface area contributed by atoms with Crippen LogP contribution in [0.1, 0.15) is 348 Å². The molecule has 0 aliphatic carbocycles. The summed E-state index contributed by atoms with van der Waals surface area (Å²) in [5, 5.41) is 54.4. The first-order valence-electron chi connectivity index (χ1n) is 37.1. The van der Waals surface area contributed by atoms with E-state index in [1.807, 2.05) is 6.08 Å². The van der Waals surface area contributed by atoms with E-state index in [9.17, 15) is 35.1 Å². The van der Waals surface area contributed by atoms with E-state index in [-0.39, 0.29) is 18.5 Å². The maximum atomic E-state index is 13.1. The first-order chi connectivity index (χ1) is 42.7. The van der Waals surface area contributed by atoms with Crippen molar-refractivity contribution in [1.29, 1.82) is 0 Å². The Bertz CT molecular complexity index is 1630. The number of nitrogens with one attached hydrogen (secondary N) is 1. The predicted molar refractivity (Wildman–Crippen MR) is 366 cm³/mol. The fourth-order valence-corrected chi connectivity index (χ4v) is 11.5. The number of ether oxygens (including phenoxy) is 3. The van der Waals surface area contributed by atoms with Gasteiger partial charge in [0.2, 0.25) is 5.91 Å². The number of carbonyl (C=O) groups is 2. The molecule has 0 saturated carbocycles. The zero-order chi connectivity index (χ0) is 63.0. The zero-order valence-corrected chi connectivity index (χ0v) is 56.5. The van der Waals surface area contributed by atoms with Crippen LogP contribution in [0.3, 0.4) is 0 Å². The summed E-state index contributed by atoms with van der Waals surface area (Å²) in [6.45, 7) is 4.29. The van der Waals surface area contributed by atoms with Gasteiger partial charge in [-0.05, 0) is 89.9 Å². The van der Waals surface area contributed by atoms with Crippen molar-refractivity contribution in [2.24, 2.45) is 0 Å². The fraction of sp³-hybridized carbons (Fsp3) is 0.842. The molecule has 1 saturated heterocycles. The van der Waals surface area contributed by atoms with Gasteiger partial charge in [-0.2, -0.15) is 0 Å². The third kappa shape index (κ3) is 53.7. The predicted octanol–water partition coefficient (Wildman–Crippen LogP) is 19.3. The van der Waals surface area contributed by atoms with Gasteiger partial charge in [-0.15, -0.1) is 0 Å². The van der Waals surface area contributed by atoms with E-state index in [1.165, 1.54) is 250 Å². The molecule has 0 aromatic heterocycles. The highest BCUT2D eigenvalue weighted by atomic mass is 16.7. The van der Waals surface area contributed by atoms with Crippen LogP contribution < -0.4 is 5.32 Å². The molecule has 0 aromatic carbocycles. The van der Waals surface area contributed by atoms with Gasteiger partial charge in [0.25, 0.3) is 0 Å². The van der Waals surface area contributed by atoms with Crippen molar-refractivity contribution in [3.8, 4) is 0 Å². The molecule has 1 aliphatic rings. The lowest BCUT2D eigenvalue weighted by atomic mass is 9.99. The summed E-state index contributed by atoms with van der Waals surface area (Å²) >= 11 is 0. The number of aliphatic hydroxyl groups is 5. The molecule has 1 fully saturated rings. The standard InChI is InChI=1S/C76H139NO10/c1-3-5-7-9-11-13-15-39-44-48-52-56-60-64-72(81)85-65-61-57-53-49-45-41-38-36-34-32-30-28-26-24-22-20-18-16-17-19-21-23-25-27-29-31-33-35-37-40-43-47-51-55-59-63-71(80)77-68(67-86-76-75(84)74(83)73(82)70(66-78)87-76)69(79)62-58-54-50-46-42-14-12-10-8-6-4-2/h7,9,13,15,18,20,24,26,58,62,68-70,73-76,78-79,82-84H,3-6,8,10-12,14,16-17,19,21-23,25,27-57,59-61,63-67H2,1-2H3,(H,77,80)/b9-7-,15-13-,20-18-,26-24-,62-58+. The Morgan fingerprint density at radius 3 is 1.21 bits per heavy atom. The maximum absolute atomic E-state index is 13.1. The highest BCUT2D eigenvalue weighted by Gasteiger charge is 2.44. The smallest absolute Gasteiger partial charge is 0.305 e. The van der Waals surface area contributed by atoms with Crippen molar-refractivity contribution >= 4 is 11.9 Å². The van der Waals surface area contributed by atoms with Crippen LogP contribution in [0.25, 0.3) is 0 Å². The van der Waals surface area contributed by atoms with E-state index in [0.29, 0.717) is 19.4 Å². The Morgan fingerprint density at radius 1 is 0.425 bits per heavy atom. The van der Waals surface area contributed by atoms with E-state index in [0.717, 1.165) is 70.6 Å². The summed E-state index contributed by atoms with van der Waals surface area (Å²) in [6, 6.07) is -0.808. The number of aliphatic hydroxyl groups excluding tert-OH is 5. The Kier molecular flexibility index (Phi) is 61.4. The van der Waals surface area contributed by atoms with Crippen LogP contribution in [-0.4, -0.2) is 100 Å². The van der Waals surface area contributed by atoms with Crippen LogP contribution in [0.15, 0.2) is 60.8 Å². The van der Waals surface area contributed by atoms with E-state index < -0.39 is 49.5 Å². The molecule has 0 bridgehead atoms. The second kappa shape index (κ2) is 64.9. The van der Waals surface area contributed by atoms with Crippen LogP contribution in [0.5, 0.6) is 0 Å². The van der Waals surface area contributed by atoms with Gasteiger partial charge in [-0.1, -0.05) is 306 Å². The van der Waals surface area contributed by atoms with Crippen molar-refractivity contribution in [3.63, 3.8) is 0 Å². The van der Waals surface area contributed by atoms with Gasteiger partial charge >= 0.3 is 5.97 Å². The second-order valence-electron chi connectivity index (χ2n) is 25.6. The molecule has 508 valence electrons. The Balaban J connectivity index is 1.92. The molecule has 7 atom stereocenters. The lowest BCUT2D eigenvalue weighted by molar-refractivity contribution is -0.302. The minimum Gasteiger partial charge on any atom is -0.466 e. The van der Waals surface area contributed by atoms with Gasteiger partial charge in [0.05, 0.1) is 32.0 Å². The van der Waals surface area contributed by atoms with Gasteiger partial charge < -0.3 is 45.1 Å². The van der Waals surface area contributed by atoms with E-state index in [4.69, 9.17) is 14.2 Å². The Labute approximate surface area is 535 Å². The van der Waals surface area contributed by atoms with Gasteiger partial charge in [0, 0.05) is 12.8 Å². The first-order valence-corrected chi connectivity index (χ1v) is 37.1. The van der Waals surface area contributed by atoms with Crippen molar-refractivity contribution in [1.82, 2.24) is 5.32 Å². The molecule has 7 unspecified atom stereocenters. The molecule has 1 amide bonds.